The molecule has 2 saturated heterocycles. The van der Waals surface area contributed by atoms with Crippen LogP contribution in [-0.4, -0.2) is 53.6 Å². The van der Waals surface area contributed by atoms with Gasteiger partial charge in [0.1, 0.15) is 24.4 Å². The first-order valence-corrected chi connectivity index (χ1v) is 20.5. The number of hydrogen-bond donors (Lipinski definition) is 2. The molecule has 2 aliphatic heterocycles. The molecule has 48 heavy (non-hydrogen) atoms. The predicted octanol–water partition coefficient (Wildman–Crippen LogP) is 11.6. The van der Waals surface area contributed by atoms with Gasteiger partial charge in [-0.3, -0.25) is 0 Å². The van der Waals surface area contributed by atoms with Gasteiger partial charge >= 0.3 is 0 Å². The molecule has 2 N–H and O–H groups in total. The van der Waals surface area contributed by atoms with Gasteiger partial charge in [-0.1, -0.05) is 140 Å². The Balaban J connectivity index is 1.60. The molecule has 0 radical (unpaired) electrons. The summed E-state index contributed by atoms with van der Waals surface area (Å²) in [4.78, 5) is 0. The number of unbranched alkanes of at least 4 members (excludes halogenated alkanes) is 18. The SMILES string of the molecule is CCCCCC=CCC=CCCCCCCCCC1(CCCCCCCCC=CCC=CCCCCC)OC2C(CO)OC(CO)C2O1. The van der Waals surface area contributed by atoms with Crippen LogP contribution in [0.1, 0.15) is 181 Å². The van der Waals surface area contributed by atoms with E-state index < -0.39 is 18.0 Å². The van der Waals surface area contributed by atoms with Gasteiger partial charge in [-0.05, 0) is 77.0 Å². The van der Waals surface area contributed by atoms with E-state index in [1.54, 1.807) is 0 Å². The van der Waals surface area contributed by atoms with Crippen LogP contribution in [0.25, 0.3) is 0 Å². The average molecular weight is 673 g/mol. The van der Waals surface area contributed by atoms with Gasteiger partial charge in [0.2, 0.25) is 0 Å². The summed E-state index contributed by atoms with van der Waals surface area (Å²) in [6.45, 7) is 4.30. The first-order chi connectivity index (χ1) is 23.7. The quantitative estimate of drug-likeness (QED) is 0.0550. The molecule has 0 saturated carbocycles. The summed E-state index contributed by atoms with van der Waals surface area (Å²) >= 11 is 0. The molecule has 4 unspecified atom stereocenters. The molecule has 0 aromatic rings. The third kappa shape index (κ3) is 19.2. The molecule has 0 amide bonds. The van der Waals surface area contributed by atoms with Crippen molar-refractivity contribution in [1.29, 1.82) is 0 Å². The third-order valence-corrected chi connectivity index (χ3v) is 9.98. The molecule has 0 spiro atoms. The number of rotatable bonds is 32. The Morgan fingerprint density at radius 1 is 0.438 bits per heavy atom. The lowest BCUT2D eigenvalue weighted by Crippen LogP contribution is -2.36. The highest BCUT2D eigenvalue weighted by molar-refractivity contribution is 4.99. The molecule has 2 heterocycles. The second-order valence-corrected chi connectivity index (χ2v) is 14.3. The molecule has 5 heteroatoms. The van der Waals surface area contributed by atoms with Crippen molar-refractivity contribution in [3.05, 3.63) is 48.6 Å². The standard InChI is InChI=1S/C43H76O5/c1-3-5-7-9-11-13-15-17-19-21-23-25-27-29-31-33-35-43(47-41-39(37-44)46-40(38-45)42(41)48-43)36-34-32-30-28-26-24-22-20-18-16-14-12-10-8-6-4-2/h11-14,17-20,39-42,44-45H,3-10,15-16,21-38H2,1-2H3. The lowest BCUT2D eigenvalue weighted by molar-refractivity contribution is -0.222. The minimum absolute atomic E-state index is 0.104. The highest BCUT2D eigenvalue weighted by Gasteiger charge is 2.57. The first kappa shape index (κ1) is 42.9. The van der Waals surface area contributed by atoms with Gasteiger partial charge in [-0.25, -0.2) is 0 Å². The van der Waals surface area contributed by atoms with E-state index in [0.29, 0.717) is 0 Å². The van der Waals surface area contributed by atoms with Gasteiger partial charge in [0.25, 0.3) is 0 Å². The van der Waals surface area contributed by atoms with Crippen molar-refractivity contribution in [3.63, 3.8) is 0 Å². The molecule has 2 aliphatic rings. The molecule has 5 nitrogen and oxygen atoms in total. The Hall–Kier alpha value is -1.24. The lowest BCUT2D eigenvalue weighted by atomic mass is 9.98. The summed E-state index contributed by atoms with van der Waals surface area (Å²) in [7, 11) is 0. The molecule has 0 aromatic carbocycles. The van der Waals surface area contributed by atoms with Crippen LogP contribution in [0, 0.1) is 0 Å². The van der Waals surface area contributed by atoms with Crippen LogP contribution in [0.15, 0.2) is 48.6 Å². The number of allylic oxidation sites excluding steroid dienone is 8. The second-order valence-electron chi connectivity index (χ2n) is 14.3. The molecule has 278 valence electrons. The predicted molar refractivity (Wildman–Crippen MR) is 203 cm³/mol. The van der Waals surface area contributed by atoms with Gasteiger partial charge in [0, 0.05) is 12.8 Å². The highest BCUT2D eigenvalue weighted by Crippen LogP contribution is 2.44. The zero-order valence-electron chi connectivity index (χ0n) is 31.3. The van der Waals surface area contributed by atoms with Crippen molar-refractivity contribution in [2.75, 3.05) is 13.2 Å². The zero-order valence-corrected chi connectivity index (χ0v) is 31.3. The maximum absolute atomic E-state index is 9.89. The topological polar surface area (TPSA) is 68.2 Å². The van der Waals surface area contributed by atoms with Gasteiger partial charge < -0.3 is 24.4 Å². The van der Waals surface area contributed by atoms with Crippen molar-refractivity contribution in [1.82, 2.24) is 0 Å². The van der Waals surface area contributed by atoms with E-state index in [1.807, 2.05) is 0 Å². The van der Waals surface area contributed by atoms with Crippen LogP contribution >= 0.6 is 0 Å². The third-order valence-electron chi connectivity index (χ3n) is 9.98. The van der Waals surface area contributed by atoms with E-state index in [2.05, 4.69) is 62.5 Å². The number of aliphatic hydroxyl groups is 2. The molecule has 4 atom stereocenters. The summed E-state index contributed by atoms with van der Waals surface area (Å²) in [6, 6.07) is 0. The average Bonchev–Trinajstić information content (AvgIpc) is 3.63. The van der Waals surface area contributed by atoms with Crippen LogP contribution in [0.2, 0.25) is 0 Å². The van der Waals surface area contributed by atoms with E-state index in [0.717, 1.165) is 38.5 Å². The highest BCUT2D eigenvalue weighted by atomic mass is 16.8. The maximum Gasteiger partial charge on any atom is 0.169 e. The molecule has 0 bridgehead atoms. The zero-order chi connectivity index (χ0) is 34.4. The summed E-state index contributed by atoms with van der Waals surface area (Å²) in [5.74, 6) is -0.607. The van der Waals surface area contributed by atoms with Crippen LogP contribution in [-0.2, 0) is 14.2 Å². The summed E-state index contributed by atoms with van der Waals surface area (Å²) in [5.41, 5.74) is 0. The summed E-state index contributed by atoms with van der Waals surface area (Å²) in [6.07, 6.45) is 48.6. The fourth-order valence-corrected chi connectivity index (χ4v) is 7.03. The van der Waals surface area contributed by atoms with Gasteiger partial charge in [-0.2, -0.15) is 0 Å². The smallest absolute Gasteiger partial charge is 0.169 e. The normalized spacial score (nSPS) is 24.4. The van der Waals surface area contributed by atoms with E-state index in [-0.39, 0.29) is 25.4 Å². The Morgan fingerprint density at radius 2 is 0.771 bits per heavy atom. The van der Waals surface area contributed by atoms with E-state index in [9.17, 15) is 10.2 Å². The molecule has 2 fully saturated rings. The maximum atomic E-state index is 9.89. The van der Waals surface area contributed by atoms with Gasteiger partial charge in [0.15, 0.2) is 5.79 Å². The Morgan fingerprint density at radius 3 is 1.12 bits per heavy atom. The van der Waals surface area contributed by atoms with Crippen molar-refractivity contribution in [2.45, 2.75) is 211 Å². The van der Waals surface area contributed by atoms with Crippen LogP contribution in [0.4, 0.5) is 0 Å². The minimum atomic E-state index is -0.607. The van der Waals surface area contributed by atoms with Gasteiger partial charge in [0.05, 0.1) is 13.2 Å². The van der Waals surface area contributed by atoms with Crippen molar-refractivity contribution in [2.24, 2.45) is 0 Å². The largest absolute Gasteiger partial charge is 0.394 e. The van der Waals surface area contributed by atoms with Crippen LogP contribution in [0.3, 0.4) is 0 Å². The summed E-state index contributed by atoms with van der Waals surface area (Å²) < 4.78 is 19.1. The van der Waals surface area contributed by atoms with E-state index in [1.165, 1.54) is 128 Å². The fourth-order valence-electron chi connectivity index (χ4n) is 7.03. The molecular formula is C43H76O5. The first-order valence-electron chi connectivity index (χ1n) is 20.5. The second kappa shape index (κ2) is 29.5. The number of fused-ring (bicyclic) bond motifs is 1. The van der Waals surface area contributed by atoms with Crippen molar-refractivity contribution >= 4 is 0 Å². The van der Waals surface area contributed by atoms with Gasteiger partial charge in [-0.15, -0.1) is 0 Å². The lowest BCUT2D eigenvalue weighted by Gasteiger charge is -2.31. The molecule has 0 aromatic heterocycles. The minimum Gasteiger partial charge on any atom is -0.394 e. The Labute approximate surface area is 296 Å². The van der Waals surface area contributed by atoms with Crippen molar-refractivity contribution < 1.29 is 24.4 Å². The van der Waals surface area contributed by atoms with Crippen molar-refractivity contribution in [3.8, 4) is 0 Å². The number of aliphatic hydroxyl groups excluding tert-OH is 2. The molecule has 2 rings (SSSR count). The Bertz CT molecular complexity index is 780. The van der Waals surface area contributed by atoms with Crippen LogP contribution < -0.4 is 0 Å². The number of hydrogen-bond acceptors (Lipinski definition) is 5. The summed E-state index contributed by atoms with van der Waals surface area (Å²) in [5, 5.41) is 19.8. The molecule has 0 aliphatic carbocycles. The fraction of sp³-hybridized carbons (Fsp3) is 0.814. The molecular weight excluding hydrogens is 596 g/mol. The Kier molecular flexibility index (Phi) is 26.4. The van der Waals surface area contributed by atoms with E-state index in [4.69, 9.17) is 14.2 Å². The number of ether oxygens (including phenoxy) is 3. The van der Waals surface area contributed by atoms with E-state index >= 15 is 0 Å². The van der Waals surface area contributed by atoms with Crippen LogP contribution in [0.5, 0.6) is 0 Å². The monoisotopic (exact) mass is 673 g/mol.